The van der Waals surface area contributed by atoms with Crippen molar-refractivity contribution in [3.63, 3.8) is 0 Å². The van der Waals surface area contributed by atoms with E-state index in [1.807, 2.05) is 0 Å². The smallest absolute Gasteiger partial charge is 0.306 e. The molecule has 6 heteroatoms. The molecule has 0 aromatic carbocycles. The largest absolute Gasteiger partial charge is 0.462 e. The molecule has 0 amide bonds. The summed E-state index contributed by atoms with van der Waals surface area (Å²) in [6.07, 6.45) is 92.9. The minimum atomic E-state index is -0.778. The average Bonchev–Trinajstić information content (AvgIpc) is 3.46. The number of unbranched alkanes of at least 4 members (excludes halogenated alkanes) is 32. The molecule has 0 saturated heterocycles. The Morgan fingerprint density at radius 2 is 0.487 bits per heavy atom. The molecule has 0 heterocycles. The summed E-state index contributed by atoms with van der Waals surface area (Å²) < 4.78 is 16.8. The minimum Gasteiger partial charge on any atom is -0.462 e. The van der Waals surface area contributed by atoms with Gasteiger partial charge in [0.05, 0.1) is 0 Å². The van der Waals surface area contributed by atoms with E-state index in [-0.39, 0.29) is 31.1 Å². The van der Waals surface area contributed by atoms with E-state index in [1.165, 1.54) is 161 Å². The van der Waals surface area contributed by atoms with Gasteiger partial charge in [0.25, 0.3) is 0 Å². The van der Waals surface area contributed by atoms with Crippen LogP contribution in [0.4, 0.5) is 0 Å². The van der Waals surface area contributed by atoms with E-state index >= 15 is 0 Å². The first-order chi connectivity index (χ1) is 39.5. The number of ether oxygens (including phenoxy) is 3. The van der Waals surface area contributed by atoms with Crippen molar-refractivity contribution >= 4 is 17.9 Å². The van der Waals surface area contributed by atoms with E-state index < -0.39 is 6.10 Å². The SMILES string of the molecule is CC/C=C\C/C=C\C/C=C\C/C=C\C/C=C\CCCCCCCCCCCC(=O)OC(COC(=O)CCCCCCCC)COC(=O)CCCCCCCCCCCCCCCCCCCC/C=C\C/C=C\C/C=C\C/C=C\CC. The number of carbonyl (C=O) groups is 3. The molecule has 1 unspecified atom stereocenters. The van der Waals surface area contributed by atoms with Gasteiger partial charge in [-0.15, -0.1) is 0 Å². The van der Waals surface area contributed by atoms with Crippen LogP contribution in [0.25, 0.3) is 0 Å². The quantitative estimate of drug-likeness (QED) is 0.0261. The fourth-order valence-corrected chi connectivity index (χ4v) is 9.52. The molecule has 0 N–H and O–H groups in total. The Hall–Kier alpha value is -3.93. The van der Waals surface area contributed by atoms with E-state index in [9.17, 15) is 14.4 Å². The Bertz CT molecular complexity index is 1610. The zero-order valence-electron chi connectivity index (χ0n) is 52.6. The predicted octanol–water partition coefficient (Wildman–Crippen LogP) is 23.4. The molecule has 0 rings (SSSR count). The molecule has 0 aromatic rings. The van der Waals surface area contributed by atoms with Gasteiger partial charge in [-0.1, -0.05) is 310 Å². The molecule has 0 aliphatic carbocycles. The summed E-state index contributed by atoms with van der Waals surface area (Å²) in [4.78, 5) is 38.1. The molecule has 458 valence electrons. The highest BCUT2D eigenvalue weighted by molar-refractivity contribution is 5.71. The summed E-state index contributed by atoms with van der Waals surface area (Å²) in [6.45, 7) is 6.38. The monoisotopic (exact) mass is 1110 g/mol. The van der Waals surface area contributed by atoms with Crippen molar-refractivity contribution < 1.29 is 28.6 Å². The van der Waals surface area contributed by atoms with Crippen LogP contribution in [0.1, 0.15) is 323 Å². The fourth-order valence-electron chi connectivity index (χ4n) is 9.52. The maximum absolute atomic E-state index is 12.9. The van der Waals surface area contributed by atoms with Crippen LogP contribution in [0.2, 0.25) is 0 Å². The number of hydrogen-bond acceptors (Lipinski definition) is 6. The molecule has 1 atom stereocenters. The van der Waals surface area contributed by atoms with Crippen LogP contribution in [0.5, 0.6) is 0 Å². The van der Waals surface area contributed by atoms with Crippen molar-refractivity contribution in [1.29, 1.82) is 0 Å². The van der Waals surface area contributed by atoms with Gasteiger partial charge in [0.2, 0.25) is 0 Å². The first-order valence-corrected chi connectivity index (χ1v) is 33.9. The van der Waals surface area contributed by atoms with E-state index in [4.69, 9.17) is 14.2 Å². The lowest BCUT2D eigenvalue weighted by Crippen LogP contribution is -2.30. The van der Waals surface area contributed by atoms with Crippen LogP contribution in [-0.4, -0.2) is 37.2 Å². The predicted molar refractivity (Wildman–Crippen MR) is 348 cm³/mol. The molecule has 80 heavy (non-hydrogen) atoms. The number of allylic oxidation sites excluding steroid dienone is 18. The molecule has 0 spiro atoms. The third-order valence-electron chi connectivity index (χ3n) is 14.5. The van der Waals surface area contributed by atoms with Gasteiger partial charge < -0.3 is 14.2 Å². The topological polar surface area (TPSA) is 78.9 Å². The van der Waals surface area contributed by atoms with E-state index in [2.05, 4.69) is 130 Å². The van der Waals surface area contributed by atoms with Crippen LogP contribution >= 0.6 is 0 Å². The minimum absolute atomic E-state index is 0.0776. The summed E-state index contributed by atoms with van der Waals surface area (Å²) in [5.74, 6) is -0.883. The molecule has 6 nitrogen and oxygen atoms in total. The van der Waals surface area contributed by atoms with Gasteiger partial charge in [-0.2, -0.15) is 0 Å². The van der Waals surface area contributed by atoms with Crippen LogP contribution < -0.4 is 0 Å². The Kier molecular flexibility index (Phi) is 64.3. The molecule has 0 fully saturated rings. The molecule has 0 bridgehead atoms. The number of hydrogen-bond donors (Lipinski definition) is 0. The molecule has 0 aromatic heterocycles. The zero-order chi connectivity index (χ0) is 57.8. The number of carbonyl (C=O) groups excluding carboxylic acids is 3. The molecule has 0 saturated carbocycles. The maximum atomic E-state index is 12.9. The van der Waals surface area contributed by atoms with Gasteiger partial charge in [0.1, 0.15) is 13.2 Å². The van der Waals surface area contributed by atoms with Gasteiger partial charge in [-0.05, 0) is 103 Å². The van der Waals surface area contributed by atoms with Crippen molar-refractivity contribution in [2.75, 3.05) is 13.2 Å². The van der Waals surface area contributed by atoms with Gasteiger partial charge in [-0.25, -0.2) is 0 Å². The van der Waals surface area contributed by atoms with Gasteiger partial charge in [0.15, 0.2) is 6.10 Å². The van der Waals surface area contributed by atoms with E-state index in [1.54, 1.807) is 0 Å². The van der Waals surface area contributed by atoms with Crippen LogP contribution in [-0.2, 0) is 28.6 Å². The molecular formula is C74H126O6. The summed E-state index contributed by atoms with van der Waals surface area (Å²) in [6, 6.07) is 0. The van der Waals surface area contributed by atoms with Gasteiger partial charge in [0, 0.05) is 19.3 Å². The summed E-state index contributed by atoms with van der Waals surface area (Å²) in [5.41, 5.74) is 0. The normalized spacial score (nSPS) is 12.8. The standard InChI is InChI=1S/C74H126O6/c1-4-7-10-13-16-18-20-22-24-26-28-30-32-34-35-36-37-38-39-41-42-44-46-48-50-52-54-56-58-61-64-67-73(76)79-70-71(69-78-72(75)66-63-60-15-12-9-6-3)80-74(77)68-65-62-59-57-55-53-51-49-47-45-43-40-33-31-29-27-25-23-21-19-17-14-11-8-5-2/h7-8,10-11,16-19,22-25,28-31,40,43,71H,4-6,9,12-15,20-21,26-27,32-39,41-42,44-70H2,1-3H3/b10-7-,11-8-,18-16-,19-17-,24-22-,25-23-,30-28-,31-29-,43-40-. The summed E-state index contributed by atoms with van der Waals surface area (Å²) in [5, 5.41) is 0. The van der Waals surface area contributed by atoms with Gasteiger partial charge >= 0.3 is 17.9 Å². The van der Waals surface area contributed by atoms with Crippen LogP contribution in [0.3, 0.4) is 0 Å². The van der Waals surface area contributed by atoms with Crippen LogP contribution in [0, 0.1) is 0 Å². The van der Waals surface area contributed by atoms with Crippen molar-refractivity contribution in [2.45, 2.75) is 329 Å². The third-order valence-corrected chi connectivity index (χ3v) is 14.5. The second kappa shape index (κ2) is 67.6. The lowest BCUT2D eigenvalue weighted by molar-refractivity contribution is -0.167. The molecule has 0 radical (unpaired) electrons. The first-order valence-electron chi connectivity index (χ1n) is 33.9. The molecular weight excluding hydrogens is 985 g/mol. The highest BCUT2D eigenvalue weighted by atomic mass is 16.6. The fraction of sp³-hybridized carbons (Fsp3) is 0.716. The lowest BCUT2D eigenvalue weighted by atomic mass is 10.0. The molecule has 0 aliphatic heterocycles. The Labute approximate surface area is 495 Å². The van der Waals surface area contributed by atoms with Crippen LogP contribution in [0.15, 0.2) is 109 Å². The van der Waals surface area contributed by atoms with Crippen molar-refractivity contribution in [3.8, 4) is 0 Å². The summed E-state index contributed by atoms with van der Waals surface area (Å²) in [7, 11) is 0. The zero-order valence-corrected chi connectivity index (χ0v) is 52.6. The first kappa shape index (κ1) is 76.1. The van der Waals surface area contributed by atoms with E-state index in [0.29, 0.717) is 19.3 Å². The van der Waals surface area contributed by atoms with E-state index in [0.717, 1.165) is 122 Å². The van der Waals surface area contributed by atoms with Crippen molar-refractivity contribution in [2.24, 2.45) is 0 Å². The maximum Gasteiger partial charge on any atom is 0.306 e. The third kappa shape index (κ3) is 64.9. The lowest BCUT2D eigenvalue weighted by Gasteiger charge is -2.18. The second-order valence-corrected chi connectivity index (χ2v) is 22.3. The second-order valence-electron chi connectivity index (χ2n) is 22.3. The number of esters is 3. The highest BCUT2D eigenvalue weighted by Gasteiger charge is 2.19. The van der Waals surface area contributed by atoms with Gasteiger partial charge in [-0.3, -0.25) is 14.4 Å². The summed E-state index contributed by atoms with van der Waals surface area (Å²) >= 11 is 0. The number of rotatable bonds is 61. The average molecular weight is 1110 g/mol. The Morgan fingerprint density at radius 1 is 0.263 bits per heavy atom. The highest BCUT2D eigenvalue weighted by Crippen LogP contribution is 2.17. The van der Waals surface area contributed by atoms with Crippen molar-refractivity contribution in [1.82, 2.24) is 0 Å². The Balaban J connectivity index is 4.04. The Morgan fingerprint density at radius 3 is 0.762 bits per heavy atom. The van der Waals surface area contributed by atoms with Crippen molar-refractivity contribution in [3.05, 3.63) is 109 Å². The molecule has 0 aliphatic rings.